The maximum Gasteiger partial charge on any atom is 0.258 e. The van der Waals surface area contributed by atoms with Crippen molar-refractivity contribution in [2.24, 2.45) is 7.05 Å². The summed E-state index contributed by atoms with van der Waals surface area (Å²) < 4.78 is 1.85. The molecule has 0 unspecified atom stereocenters. The van der Waals surface area contributed by atoms with Crippen LogP contribution in [0.1, 0.15) is 19.5 Å². The number of likely N-dealkylation sites (N-methyl/N-ethyl adjacent to an activating group) is 1. The van der Waals surface area contributed by atoms with Gasteiger partial charge < -0.3 is 19.8 Å². The lowest BCUT2D eigenvalue weighted by Gasteiger charge is -2.14. The largest absolute Gasteiger partial charge is 0.323 e. The zero-order chi connectivity index (χ0) is 22.8. The lowest BCUT2D eigenvalue weighted by molar-refractivity contribution is 0.338. The maximum atomic E-state index is 13.0. The van der Waals surface area contributed by atoms with Crippen molar-refractivity contribution in [3.63, 3.8) is 0 Å². The second kappa shape index (κ2) is 9.36. The van der Waals surface area contributed by atoms with Crippen LogP contribution in [0, 0.1) is 0 Å². The smallest absolute Gasteiger partial charge is 0.258 e. The molecule has 0 spiro atoms. The number of nitrogens with one attached hydrogen (secondary N) is 2. The van der Waals surface area contributed by atoms with Gasteiger partial charge in [-0.3, -0.25) is 4.79 Å². The number of aryl methyl sites for hydroxylation is 1. The van der Waals surface area contributed by atoms with Crippen LogP contribution in [0.4, 0.5) is 11.6 Å². The molecule has 4 aromatic rings. The van der Waals surface area contributed by atoms with Gasteiger partial charge >= 0.3 is 0 Å². The van der Waals surface area contributed by atoms with Crippen LogP contribution in [0.3, 0.4) is 0 Å². The molecule has 2 N–H and O–H groups in total. The molecule has 0 saturated heterocycles. The predicted molar refractivity (Wildman–Crippen MR) is 135 cm³/mol. The SMILES string of the molecule is CCN(CC)CC=Cc1cc2ccc3nc(Nc4c(Cl)cccc4Cl)n(C)c3c2c(=O)[nH]1. The number of imidazole rings is 1. The fraction of sp³-hybridized carbons (Fsp3) is 0.250. The molecule has 0 radical (unpaired) electrons. The highest BCUT2D eigenvalue weighted by molar-refractivity contribution is 6.39. The number of H-pyrrole nitrogens is 1. The van der Waals surface area contributed by atoms with Gasteiger partial charge in [0.15, 0.2) is 0 Å². The Bertz CT molecular complexity index is 1350. The highest BCUT2D eigenvalue weighted by atomic mass is 35.5. The Hall–Kier alpha value is -2.80. The molecule has 0 bridgehead atoms. The van der Waals surface area contributed by atoms with Gasteiger partial charge in [-0.15, -0.1) is 0 Å². The molecular weight excluding hydrogens is 445 g/mol. The number of nitrogens with zero attached hydrogens (tertiary/aromatic N) is 3. The molecule has 0 aliphatic carbocycles. The van der Waals surface area contributed by atoms with Crippen molar-refractivity contribution >= 4 is 62.7 Å². The normalized spacial score (nSPS) is 11.9. The monoisotopic (exact) mass is 469 g/mol. The fourth-order valence-corrected chi connectivity index (χ4v) is 4.31. The summed E-state index contributed by atoms with van der Waals surface area (Å²) >= 11 is 12.6. The number of hydrogen-bond acceptors (Lipinski definition) is 4. The van der Waals surface area contributed by atoms with E-state index in [9.17, 15) is 4.79 Å². The van der Waals surface area contributed by atoms with Crippen molar-refractivity contribution in [2.45, 2.75) is 13.8 Å². The molecule has 0 amide bonds. The van der Waals surface area contributed by atoms with E-state index in [0.29, 0.717) is 32.6 Å². The van der Waals surface area contributed by atoms with Gasteiger partial charge in [-0.05, 0) is 48.8 Å². The van der Waals surface area contributed by atoms with Crippen LogP contribution in [0.25, 0.3) is 27.9 Å². The van der Waals surface area contributed by atoms with Gasteiger partial charge in [0.1, 0.15) is 0 Å². The minimum atomic E-state index is -0.152. The van der Waals surface area contributed by atoms with Crippen LogP contribution in [-0.4, -0.2) is 39.1 Å². The van der Waals surface area contributed by atoms with Gasteiger partial charge in [-0.25, -0.2) is 4.98 Å². The minimum absolute atomic E-state index is 0.152. The number of benzene rings is 2. The predicted octanol–water partition coefficient (Wildman–Crippen LogP) is 5.82. The molecular formula is C24H25Cl2N5O. The van der Waals surface area contributed by atoms with E-state index in [4.69, 9.17) is 23.2 Å². The first-order valence-corrected chi connectivity index (χ1v) is 11.3. The number of aromatic amines is 1. The van der Waals surface area contributed by atoms with E-state index in [2.05, 4.69) is 40.1 Å². The van der Waals surface area contributed by atoms with Crippen molar-refractivity contribution in [1.29, 1.82) is 0 Å². The zero-order valence-corrected chi connectivity index (χ0v) is 19.8. The minimum Gasteiger partial charge on any atom is -0.323 e. The summed E-state index contributed by atoms with van der Waals surface area (Å²) in [6.07, 6.45) is 4.03. The molecule has 0 fully saturated rings. The van der Waals surface area contributed by atoms with Crippen LogP contribution in [0.15, 0.2) is 47.3 Å². The molecule has 8 heteroatoms. The van der Waals surface area contributed by atoms with Crippen LogP contribution in [0.5, 0.6) is 0 Å². The van der Waals surface area contributed by atoms with E-state index in [1.807, 2.05) is 35.9 Å². The van der Waals surface area contributed by atoms with Crippen molar-refractivity contribution in [1.82, 2.24) is 19.4 Å². The zero-order valence-electron chi connectivity index (χ0n) is 18.2. The number of para-hydroxylation sites is 1. The van der Waals surface area contributed by atoms with E-state index >= 15 is 0 Å². The highest BCUT2D eigenvalue weighted by Crippen LogP contribution is 2.34. The summed E-state index contributed by atoms with van der Waals surface area (Å²) in [5.74, 6) is 0.546. The summed E-state index contributed by atoms with van der Waals surface area (Å²) in [5.41, 5.74) is 2.65. The number of aromatic nitrogens is 3. The summed E-state index contributed by atoms with van der Waals surface area (Å²) in [5, 5.41) is 5.64. The second-order valence-electron chi connectivity index (χ2n) is 7.56. The number of rotatable bonds is 7. The Kier molecular flexibility index (Phi) is 6.55. The van der Waals surface area contributed by atoms with Gasteiger partial charge in [0, 0.05) is 19.3 Å². The van der Waals surface area contributed by atoms with Gasteiger partial charge in [-0.1, -0.05) is 55.3 Å². The van der Waals surface area contributed by atoms with Crippen molar-refractivity contribution in [2.75, 3.05) is 25.0 Å². The molecule has 0 aliphatic heterocycles. The number of hydrogen-bond donors (Lipinski definition) is 2. The molecule has 0 saturated carbocycles. The molecule has 2 aromatic carbocycles. The van der Waals surface area contributed by atoms with Crippen LogP contribution in [-0.2, 0) is 7.05 Å². The maximum absolute atomic E-state index is 13.0. The van der Waals surface area contributed by atoms with E-state index in [1.54, 1.807) is 18.2 Å². The van der Waals surface area contributed by atoms with Crippen LogP contribution < -0.4 is 10.9 Å². The molecule has 2 heterocycles. The molecule has 6 nitrogen and oxygen atoms in total. The van der Waals surface area contributed by atoms with Crippen molar-refractivity contribution < 1.29 is 0 Å². The molecule has 0 aliphatic rings. The summed E-state index contributed by atoms with van der Waals surface area (Å²) in [6.45, 7) is 7.09. The van der Waals surface area contributed by atoms with Crippen molar-refractivity contribution in [3.8, 4) is 0 Å². The number of pyridine rings is 1. The molecule has 166 valence electrons. The molecule has 2 aromatic heterocycles. The summed E-state index contributed by atoms with van der Waals surface area (Å²) in [6, 6.07) is 11.1. The first kappa shape index (κ1) is 22.4. The lowest BCUT2D eigenvalue weighted by Crippen LogP contribution is -2.22. The van der Waals surface area contributed by atoms with E-state index in [-0.39, 0.29) is 5.56 Å². The summed E-state index contributed by atoms with van der Waals surface area (Å²) in [7, 11) is 1.86. The highest BCUT2D eigenvalue weighted by Gasteiger charge is 2.16. The molecule has 4 rings (SSSR count). The van der Waals surface area contributed by atoms with Gasteiger partial charge in [0.25, 0.3) is 5.56 Å². The van der Waals surface area contributed by atoms with Gasteiger partial charge in [0.2, 0.25) is 5.95 Å². The van der Waals surface area contributed by atoms with Crippen molar-refractivity contribution in [3.05, 3.63) is 68.6 Å². The topological polar surface area (TPSA) is 66.0 Å². The number of fused-ring (bicyclic) bond motifs is 3. The molecule has 32 heavy (non-hydrogen) atoms. The summed E-state index contributed by atoms with van der Waals surface area (Å²) in [4.78, 5) is 23.0. The fourth-order valence-electron chi connectivity index (χ4n) is 3.82. The first-order valence-electron chi connectivity index (χ1n) is 10.5. The average Bonchev–Trinajstić information content (AvgIpc) is 3.09. The number of halogens is 2. The Morgan fingerprint density at radius 3 is 2.56 bits per heavy atom. The second-order valence-corrected chi connectivity index (χ2v) is 8.37. The third-order valence-corrected chi connectivity index (χ3v) is 6.25. The Balaban J connectivity index is 1.75. The van der Waals surface area contributed by atoms with Gasteiger partial charge in [0.05, 0.1) is 32.2 Å². The number of anilines is 2. The Morgan fingerprint density at radius 1 is 1.16 bits per heavy atom. The Morgan fingerprint density at radius 2 is 1.88 bits per heavy atom. The lowest BCUT2D eigenvalue weighted by atomic mass is 10.1. The average molecular weight is 470 g/mol. The van der Waals surface area contributed by atoms with E-state index < -0.39 is 0 Å². The van der Waals surface area contributed by atoms with E-state index in [0.717, 1.165) is 36.2 Å². The van der Waals surface area contributed by atoms with Crippen LogP contribution in [0.2, 0.25) is 10.0 Å². The Labute approximate surface area is 196 Å². The standard InChI is InChI=1S/C24H25Cl2N5O/c1-4-31(5-2)13-7-8-16-14-15-11-12-19-22(20(15)23(32)27-16)30(3)24(28-19)29-21-17(25)9-6-10-18(21)26/h6-12,14H,4-5,13H2,1-3H3,(H,27,32)(H,28,29). The van der Waals surface area contributed by atoms with Crippen LogP contribution >= 0.6 is 23.2 Å². The van der Waals surface area contributed by atoms with E-state index in [1.165, 1.54) is 0 Å². The third kappa shape index (κ3) is 4.26. The third-order valence-electron chi connectivity index (χ3n) is 5.62. The van der Waals surface area contributed by atoms with Gasteiger partial charge in [-0.2, -0.15) is 0 Å². The molecule has 0 atom stereocenters. The first-order chi connectivity index (χ1) is 15.4. The quantitative estimate of drug-likeness (QED) is 0.357.